The van der Waals surface area contributed by atoms with E-state index in [0.29, 0.717) is 6.04 Å². The van der Waals surface area contributed by atoms with Gasteiger partial charge in [0.05, 0.1) is 0 Å². The molecule has 0 spiro atoms. The molecule has 0 saturated heterocycles. The van der Waals surface area contributed by atoms with Crippen LogP contribution in [0.25, 0.3) is 10.9 Å². The number of nitrogens with zero attached hydrogens (tertiary/aromatic N) is 1. The van der Waals surface area contributed by atoms with Crippen molar-refractivity contribution in [3.63, 3.8) is 0 Å². The minimum absolute atomic E-state index is 0.418. The lowest BCUT2D eigenvalue weighted by molar-refractivity contribution is 0.0636. The monoisotopic (exact) mass is 329 g/mol. The molecule has 5 nitrogen and oxygen atoms in total. The normalized spacial score (nSPS) is 17.8. The molecule has 1 atom stereocenters. The Hall–Kier alpha value is -2.01. The van der Waals surface area contributed by atoms with E-state index in [4.69, 9.17) is 4.74 Å². The molecule has 3 rings (SSSR count). The van der Waals surface area contributed by atoms with E-state index in [2.05, 4.69) is 29.3 Å². The second-order valence-electron chi connectivity index (χ2n) is 7.83. The number of anilines is 1. The highest BCUT2D eigenvalue weighted by atomic mass is 16.6. The molecule has 0 unspecified atom stereocenters. The van der Waals surface area contributed by atoms with E-state index in [1.807, 2.05) is 39.0 Å². The van der Waals surface area contributed by atoms with Crippen molar-refractivity contribution < 1.29 is 9.53 Å². The van der Waals surface area contributed by atoms with Gasteiger partial charge in [-0.25, -0.2) is 4.79 Å². The maximum atomic E-state index is 12.0. The fourth-order valence-electron chi connectivity index (χ4n) is 3.35. The SMILES string of the molecule is CN(C)[C@@H]1CCc2c([nH]c3ccc(NC(=O)OC(C)(C)C)cc23)C1. The Balaban J connectivity index is 1.83. The third kappa shape index (κ3) is 3.56. The lowest BCUT2D eigenvalue weighted by Crippen LogP contribution is -2.33. The number of likely N-dealkylation sites (N-methyl/N-ethyl adjacent to an activating group) is 1. The highest BCUT2D eigenvalue weighted by Crippen LogP contribution is 2.32. The Morgan fingerprint density at radius 2 is 2.08 bits per heavy atom. The van der Waals surface area contributed by atoms with Crippen LogP contribution in [0.2, 0.25) is 0 Å². The number of nitrogens with one attached hydrogen (secondary N) is 2. The fraction of sp³-hybridized carbons (Fsp3) is 0.526. The molecular formula is C19H27N3O2. The van der Waals surface area contributed by atoms with E-state index in [0.717, 1.165) is 30.5 Å². The lowest BCUT2D eigenvalue weighted by atomic mass is 9.91. The molecule has 5 heteroatoms. The number of fused-ring (bicyclic) bond motifs is 3. The molecular weight excluding hydrogens is 302 g/mol. The third-order valence-corrected chi connectivity index (χ3v) is 4.54. The van der Waals surface area contributed by atoms with Crippen LogP contribution in [0.1, 0.15) is 38.4 Å². The molecule has 130 valence electrons. The van der Waals surface area contributed by atoms with Crippen molar-refractivity contribution in [3.05, 3.63) is 29.5 Å². The van der Waals surface area contributed by atoms with Crippen molar-refractivity contribution >= 4 is 22.7 Å². The summed E-state index contributed by atoms with van der Waals surface area (Å²) in [6.45, 7) is 5.58. The Morgan fingerprint density at radius 3 is 2.75 bits per heavy atom. The molecule has 24 heavy (non-hydrogen) atoms. The number of aryl methyl sites for hydroxylation is 1. The van der Waals surface area contributed by atoms with Crippen LogP contribution in [0.3, 0.4) is 0 Å². The molecule has 1 amide bonds. The average Bonchev–Trinajstić information content (AvgIpc) is 2.82. The first-order valence-corrected chi connectivity index (χ1v) is 8.53. The van der Waals surface area contributed by atoms with Gasteiger partial charge in [0, 0.05) is 34.7 Å². The van der Waals surface area contributed by atoms with Crippen molar-refractivity contribution in [3.8, 4) is 0 Å². The Bertz CT molecular complexity index is 756. The number of ether oxygens (including phenoxy) is 1. The zero-order chi connectivity index (χ0) is 17.5. The summed E-state index contributed by atoms with van der Waals surface area (Å²) in [5.41, 5.74) is 4.12. The van der Waals surface area contributed by atoms with Crippen LogP contribution in [-0.4, -0.2) is 41.7 Å². The Kier molecular flexibility index (Phi) is 4.30. The van der Waals surface area contributed by atoms with Crippen molar-refractivity contribution in [2.45, 2.75) is 51.7 Å². The van der Waals surface area contributed by atoms with E-state index < -0.39 is 11.7 Å². The van der Waals surface area contributed by atoms with Gasteiger partial charge in [-0.2, -0.15) is 0 Å². The number of hydrogen-bond acceptors (Lipinski definition) is 3. The van der Waals surface area contributed by atoms with Gasteiger partial charge in [-0.05, 0) is 71.5 Å². The summed E-state index contributed by atoms with van der Waals surface area (Å²) in [5, 5.41) is 4.04. The van der Waals surface area contributed by atoms with Crippen molar-refractivity contribution in [1.29, 1.82) is 0 Å². The topological polar surface area (TPSA) is 57.4 Å². The van der Waals surface area contributed by atoms with E-state index in [9.17, 15) is 4.79 Å². The predicted molar refractivity (Wildman–Crippen MR) is 97.7 cm³/mol. The maximum Gasteiger partial charge on any atom is 0.412 e. The molecule has 2 N–H and O–H groups in total. The first kappa shape index (κ1) is 16.8. The smallest absolute Gasteiger partial charge is 0.412 e. The molecule has 1 aromatic heterocycles. The number of hydrogen-bond donors (Lipinski definition) is 2. The van der Waals surface area contributed by atoms with Gasteiger partial charge in [0.15, 0.2) is 0 Å². The van der Waals surface area contributed by atoms with Gasteiger partial charge < -0.3 is 14.6 Å². The first-order chi connectivity index (χ1) is 11.2. The van der Waals surface area contributed by atoms with Crippen molar-refractivity contribution in [1.82, 2.24) is 9.88 Å². The molecule has 1 aliphatic carbocycles. The minimum atomic E-state index is -0.497. The van der Waals surface area contributed by atoms with Gasteiger partial charge in [-0.1, -0.05) is 0 Å². The minimum Gasteiger partial charge on any atom is -0.444 e. The summed E-state index contributed by atoms with van der Waals surface area (Å²) in [6, 6.07) is 6.58. The molecule has 1 aliphatic rings. The summed E-state index contributed by atoms with van der Waals surface area (Å²) in [6.07, 6.45) is 2.86. The highest BCUT2D eigenvalue weighted by molar-refractivity contribution is 5.92. The number of carbonyl (C=O) groups is 1. The van der Waals surface area contributed by atoms with Gasteiger partial charge in [0.1, 0.15) is 5.60 Å². The van der Waals surface area contributed by atoms with E-state index in [1.165, 1.54) is 16.6 Å². The number of benzene rings is 1. The van der Waals surface area contributed by atoms with Crippen molar-refractivity contribution in [2.75, 3.05) is 19.4 Å². The second-order valence-corrected chi connectivity index (χ2v) is 7.83. The summed E-state index contributed by atoms with van der Waals surface area (Å²) < 4.78 is 5.32. The van der Waals surface area contributed by atoms with Crippen LogP contribution in [0.4, 0.5) is 10.5 Å². The number of amides is 1. The Labute approximate surface area is 143 Å². The Morgan fingerprint density at radius 1 is 1.33 bits per heavy atom. The van der Waals surface area contributed by atoms with Crippen LogP contribution in [0.15, 0.2) is 18.2 Å². The summed E-state index contributed by atoms with van der Waals surface area (Å²) in [5.74, 6) is 0. The number of H-pyrrole nitrogens is 1. The third-order valence-electron chi connectivity index (χ3n) is 4.54. The molecule has 0 saturated carbocycles. The summed E-state index contributed by atoms with van der Waals surface area (Å²) >= 11 is 0. The molecule has 2 aromatic rings. The number of carbonyl (C=O) groups excluding carboxylic acids is 1. The van der Waals surface area contributed by atoms with Crippen LogP contribution in [0, 0.1) is 0 Å². The number of rotatable bonds is 2. The second kappa shape index (κ2) is 6.13. The molecule has 1 aromatic carbocycles. The molecule has 0 aliphatic heterocycles. The van der Waals surface area contributed by atoms with Crippen LogP contribution >= 0.6 is 0 Å². The fourth-order valence-corrected chi connectivity index (χ4v) is 3.35. The average molecular weight is 329 g/mol. The highest BCUT2D eigenvalue weighted by Gasteiger charge is 2.24. The van der Waals surface area contributed by atoms with Gasteiger partial charge in [0.25, 0.3) is 0 Å². The standard InChI is InChI=1S/C19H27N3O2/c1-19(2,3)24-18(23)20-12-6-9-16-15(10-12)14-8-7-13(22(4)5)11-17(14)21-16/h6,9-10,13,21H,7-8,11H2,1-5H3,(H,20,23)/t13-/m1/s1. The molecule has 0 fully saturated rings. The van der Waals surface area contributed by atoms with Gasteiger partial charge in [-0.3, -0.25) is 5.32 Å². The first-order valence-electron chi connectivity index (χ1n) is 8.53. The summed E-state index contributed by atoms with van der Waals surface area (Å²) in [4.78, 5) is 17.8. The van der Waals surface area contributed by atoms with E-state index in [1.54, 1.807) is 0 Å². The largest absolute Gasteiger partial charge is 0.444 e. The van der Waals surface area contributed by atoms with Crippen molar-refractivity contribution in [2.24, 2.45) is 0 Å². The summed E-state index contributed by atoms with van der Waals surface area (Å²) in [7, 11) is 4.28. The van der Waals surface area contributed by atoms with E-state index >= 15 is 0 Å². The van der Waals surface area contributed by atoms with Crippen LogP contribution < -0.4 is 5.32 Å². The van der Waals surface area contributed by atoms with Crippen LogP contribution in [0.5, 0.6) is 0 Å². The quantitative estimate of drug-likeness (QED) is 0.877. The number of aromatic amines is 1. The van der Waals surface area contributed by atoms with Gasteiger partial charge in [-0.15, -0.1) is 0 Å². The zero-order valence-electron chi connectivity index (χ0n) is 15.2. The van der Waals surface area contributed by atoms with Gasteiger partial charge in [0.2, 0.25) is 0 Å². The van der Waals surface area contributed by atoms with Crippen LogP contribution in [-0.2, 0) is 17.6 Å². The lowest BCUT2D eigenvalue weighted by Gasteiger charge is -2.28. The maximum absolute atomic E-state index is 12.0. The zero-order valence-corrected chi connectivity index (χ0v) is 15.2. The van der Waals surface area contributed by atoms with E-state index in [-0.39, 0.29) is 0 Å². The molecule has 1 heterocycles. The van der Waals surface area contributed by atoms with Gasteiger partial charge >= 0.3 is 6.09 Å². The predicted octanol–water partition coefficient (Wildman–Crippen LogP) is 3.93. The molecule has 0 radical (unpaired) electrons. The number of aromatic nitrogens is 1. The molecule has 0 bridgehead atoms.